The average molecular weight is 300 g/mol. The Balaban J connectivity index is 2.53. The van der Waals surface area contributed by atoms with Gasteiger partial charge in [0.15, 0.2) is 29.1 Å². The van der Waals surface area contributed by atoms with Gasteiger partial charge in [0, 0.05) is 6.07 Å². The zero-order chi connectivity index (χ0) is 15.7. The van der Waals surface area contributed by atoms with Gasteiger partial charge in [0.25, 0.3) is 5.91 Å². The van der Waals surface area contributed by atoms with E-state index in [2.05, 4.69) is 4.98 Å². The van der Waals surface area contributed by atoms with Crippen LogP contribution in [0.5, 0.6) is 0 Å². The fourth-order valence-electron chi connectivity index (χ4n) is 1.51. The summed E-state index contributed by atoms with van der Waals surface area (Å²) in [6.45, 7) is 0. The van der Waals surface area contributed by atoms with E-state index in [1.807, 2.05) is 5.32 Å². The molecular weight excluding hydrogens is 292 g/mol. The molecule has 0 aliphatic carbocycles. The Kier molecular flexibility index (Phi) is 3.66. The summed E-state index contributed by atoms with van der Waals surface area (Å²) in [5.74, 6) is -7.78. The Bertz CT molecular complexity index is 709. The van der Waals surface area contributed by atoms with Crippen molar-refractivity contribution < 1.29 is 22.4 Å². The first kappa shape index (κ1) is 14.6. The predicted molar refractivity (Wildman–Crippen MR) is 66.7 cm³/mol. The average Bonchev–Trinajstić information content (AvgIpc) is 2.43. The summed E-state index contributed by atoms with van der Waals surface area (Å²) in [6.07, 6.45) is 0. The van der Waals surface area contributed by atoms with Gasteiger partial charge in [-0.2, -0.15) is 0 Å². The van der Waals surface area contributed by atoms with E-state index in [4.69, 9.17) is 11.5 Å². The number of pyridine rings is 1. The first-order chi connectivity index (χ1) is 9.81. The van der Waals surface area contributed by atoms with Crippen LogP contribution in [-0.4, -0.2) is 10.9 Å². The number of carbonyl (C=O) groups is 1. The summed E-state index contributed by atoms with van der Waals surface area (Å²) in [5, 5.41) is 2.01. The topological polar surface area (TPSA) is 94.0 Å². The quantitative estimate of drug-likeness (QED) is 0.597. The third-order valence-corrected chi connectivity index (χ3v) is 2.53. The summed E-state index contributed by atoms with van der Waals surface area (Å²) in [6, 6.07) is 2.44. The van der Waals surface area contributed by atoms with Crippen LogP contribution >= 0.6 is 0 Å². The Morgan fingerprint density at radius 1 is 1.10 bits per heavy atom. The Morgan fingerprint density at radius 2 is 1.67 bits per heavy atom. The molecule has 0 unspecified atom stereocenters. The van der Waals surface area contributed by atoms with E-state index < -0.39 is 34.9 Å². The molecule has 110 valence electrons. The van der Waals surface area contributed by atoms with Crippen LogP contribution in [0.2, 0.25) is 0 Å². The maximum absolute atomic E-state index is 13.5. The van der Waals surface area contributed by atoms with Crippen molar-refractivity contribution in [3.8, 4) is 0 Å². The highest BCUT2D eigenvalue weighted by atomic mass is 19.2. The lowest BCUT2D eigenvalue weighted by atomic mass is 10.2. The number of amides is 1. The fraction of sp³-hybridized carbons (Fsp3) is 0. The SMILES string of the molecule is NC(=O)c1ccc(N)c(Nc2c(F)c(F)cc(F)c2F)n1. The minimum atomic E-state index is -1.65. The summed E-state index contributed by atoms with van der Waals surface area (Å²) in [5.41, 5.74) is 9.03. The Morgan fingerprint density at radius 3 is 2.19 bits per heavy atom. The van der Waals surface area contributed by atoms with Gasteiger partial charge in [-0.05, 0) is 12.1 Å². The van der Waals surface area contributed by atoms with Gasteiger partial charge in [0.05, 0.1) is 5.69 Å². The second kappa shape index (κ2) is 5.27. The van der Waals surface area contributed by atoms with Gasteiger partial charge in [-0.15, -0.1) is 0 Å². The highest BCUT2D eigenvalue weighted by Crippen LogP contribution is 2.28. The van der Waals surface area contributed by atoms with Crippen molar-refractivity contribution in [1.29, 1.82) is 0 Å². The lowest BCUT2D eigenvalue weighted by Gasteiger charge is -2.11. The number of nitrogens with one attached hydrogen (secondary N) is 1. The molecule has 1 amide bonds. The molecule has 0 spiro atoms. The van der Waals surface area contributed by atoms with E-state index >= 15 is 0 Å². The number of anilines is 3. The van der Waals surface area contributed by atoms with Crippen molar-refractivity contribution in [3.05, 3.63) is 47.2 Å². The van der Waals surface area contributed by atoms with Crippen LogP contribution in [-0.2, 0) is 0 Å². The lowest BCUT2D eigenvalue weighted by Crippen LogP contribution is -2.15. The molecule has 1 aromatic heterocycles. The monoisotopic (exact) mass is 300 g/mol. The number of nitrogen functional groups attached to an aromatic ring is 1. The minimum Gasteiger partial charge on any atom is -0.396 e. The van der Waals surface area contributed by atoms with Crippen molar-refractivity contribution in [1.82, 2.24) is 4.98 Å². The van der Waals surface area contributed by atoms with Crippen molar-refractivity contribution in [2.75, 3.05) is 11.1 Å². The van der Waals surface area contributed by atoms with Crippen LogP contribution in [0, 0.1) is 23.3 Å². The van der Waals surface area contributed by atoms with E-state index in [1.165, 1.54) is 12.1 Å². The molecule has 5 N–H and O–H groups in total. The molecule has 0 bridgehead atoms. The van der Waals surface area contributed by atoms with Crippen LogP contribution in [0.25, 0.3) is 0 Å². The van der Waals surface area contributed by atoms with Gasteiger partial charge in [0.1, 0.15) is 11.4 Å². The van der Waals surface area contributed by atoms with Gasteiger partial charge in [-0.25, -0.2) is 22.5 Å². The maximum atomic E-state index is 13.5. The molecule has 1 aromatic carbocycles. The molecule has 2 rings (SSSR count). The van der Waals surface area contributed by atoms with Crippen LogP contribution in [0.15, 0.2) is 18.2 Å². The second-order valence-electron chi connectivity index (χ2n) is 3.97. The molecule has 0 aliphatic rings. The van der Waals surface area contributed by atoms with E-state index in [0.717, 1.165) is 0 Å². The van der Waals surface area contributed by atoms with Crippen LogP contribution in [0.1, 0.15) is 10.5 Å². The summed E-state index contributed by atoms with van der Waals surface area (Å²) in [7, 11) is 0. The first-order valence-corrected chi connectivity index (χ1v) is 5.47. The fourth-order valence-corrected chi connectivity index (χ4v) is 1.51. The number of nitrogens with two attached hydrogens (primary N) is 2. The largest absolute Gasteiger partial charge is 0.396 e. The van der Waals surface area contributed by atoms with Gasteiger partial charge in [-0.1, -0.05) is 0 Å². The molecule has 1 heterocycles. The van der Waals surface area contributed by atoms with Gasteiger partial charge >= 0.3 is 0 Å². The van der Waals surface area contributed by atoms with Crippen molar-refractivity contribution in [2.45, 2.75) is 0 Å². The summed E-state index contributed by atoms with van der Waals surface area (Å²) in [4.78, 5) is 14.6. The van der Waals surface area contributed by atoms with E-state index in [9.17, 15) is 22.4 Å². The first-order valence-electron chi connectivity index (χ1n) is 5.47. The van der Waals surface area contributed by atoms with Crippen molar-refractivity contribution in [3.63, 3.8) is 0 Å². The molecule has 2 aromatic rings. The molecular formula is C12H8F4N4O. The van der Waals surface area contributed by atoms with Crippen LogP contribution in [0.4, 0.5) is 34.8 Å². The summed E-state index contributed by atoms with van der Waals surface area (Å²) < 4.78 is 53.2. The second-order valence-corrected chi connectivity index (χ2v) is 3.97. The number of aromatic nitrogens is 1. The number of halogens is 4. The van der Waals surface area contributed by atoms with Crippen LogP contribution < -0.4 is 16.8 Å². The lowest BCUT2D eigenvalue weighted by molar-refractivity contribution is 0.0995. The highest BCUT2D eigenvalue weighted by molar-refractivity contribution is 5.92. The summed E-state index contributed by atoms with van der Waals surface area (Å²) >= 11 is 0. The smallest absolute Gasteiger partial charge is 0.267 e. The zero-order valence-corrected chi connectivity index (χ0v) is 10.3. The van der Waals surface area contributed by atoms with Gasteiger partial charge in [-0.3, -0.25) is 4.79 Å². The molecule has 0 atom stereocenters. The number of hydrogen-bond acceptors (Lipinski definition) is 4. The van der Waals surface area contributed by atoms with E-state index in [1.54, 1.807) is 0 Å². The number of carbonyl (C=O) groups excluding carboxylic acids is 1. The number of primary amides is 1. The molecule has 9 heteroatoms. The third kappa shape index (κ3) is 2.71. The molecule has 0 saturated carbocycles. The number of nitrogens with zero attached hydrogens (tertiary/aromatic N) is 1. The van der Waals surface area contributed by atoms with E-state index in [0.29, 0.717) is 0 Å². The Labute approximate surface area is 115 Å². The molecule has 21 heavy (non-hydrogen) atoms. The highest BCUT2D eigenvalue weighted by Gasteiger charge is 2.20. The molecule has 0 aliphatic heterocycles. The number of hydrogen-bond donors (Lipinski definition) is 3. The van der Waals surface area contributed by atoms with Crippen LogP contribution in [0.3, 0.4) is 0 Å². The molecule has 5 nitrogen and oxygen atoms in total. The van der Waals surface area contributed by atoms with Crippen molar-refractivity contribution in [2.24, 2.45) is 5.73 Å². The van der Waals surface area contributed by atoms with Crippen molar-refractivity contribution >= 4 is 23.1 Å². The Hall–Kier alpha value is -2.84. The third-order valence-electron chi connectivity index (χ3n) is 2.53. The number of rotatable bonds is 3. The van der Waals surface area contributed by atoms with Gasteiger partial charge in [0.2, 0.25) is 0 Å². The predicted octanol–water partition coefficient (Wildman–Crippen LogP) is 2.06. The van der Waals surface area contributed by atoms with Gasteiger partial charge < -0.3 is 16.8 Å². The minimum absolute atomic E-state index is 0.0620. The normalized spacial score (nSPS) is 10.5. The maximum Gasteiger partial charge on any atom is 0.267 e. The van der Waals surface area contributed by atoms with E-state index in [-0.39, 0.29) is 23.3 Å². The molecule has 0 saturated heterocycles. The molecule has 0 radical (unpaired) electrons. The number of benzene rings is 1. The standard InChI is InChI=1S/C12H8F4N4O/c13-4-3-5(14)9(16)10(8(4)15)20-12-6(17)1-2-7(19-12)11(18)21/h1-3H,17H2,(H2,18,21)(H,19,20). The zero-order valence-electron chi connectivity index (χ0n) is 10.3. The molecule has 0 fully saturated rings.